The number of benzene rings is 1. The average molecular weight is 283 g/mol. The molecule has 0 atom stereocenters. The molecule has 94 valence electrons. The lowest BCUT2D eigenvalue weighted by atomic mass is 10.2. The molecule has 6 heteroatoms. The Labute approximate surface area is 115 Å². The summed E-state index contributed by atoms with van der Waals surface area (Å²) >= 11 is 12.1. The average Bonchev–Trinajstić information content (AvgIpc) is 2.31. The number of nitrogens with zero attached hydrogens (tertiary/aromatic N) is 2. The van der Waals surface area contributed by atoms with Crippen molar-refractivity contribution < 1.29 is 0 Å². The highest BCUT2D eigenvalue weighted by Gasteiger charge is 2.10. The number of halogens is 2. The van der Waals surface area contributed by atoms with Crippen molar-refractivity contribution in [3.8, 4) is 0 Å². The smallest absolute Gasteiger partial charge is 0.139 e. The van der Waals surface area contributed by atoms with E-state index in [9.17, 15) is 0 Å². The van der Waals surface area contributed by atoms with E-state index in [0.29, 0.717) is 33.2 Å². The van der Waals surface area contributed by atoms with Crippen molar-refractivity contribution in [2.75, 3.05) is 11.1 Å². The number of nitrogens with one attached hydrogen (secondary N) is 1. The molecule has 1 heterocycles. The van der Waals surface area contributed by atoms with Gasteiger partial charge in [-0.3, -0.25) is 0 Å². The molecule has 0 aliphatic carbocycles. The van der Waals surface area contributed by atoms with Gasteiger partial charge in [0.05, 0.1) is 15.7 Å². The summed E-state index contributed by atoms with van der Waals surface area (Å²) in [6.07, 6.45) is 0. The van der Waals surface area contributed by atoms with Gasteiger partial charge in [-0.1, -0.05) is 29.3 Å². The second kappa shape index (κ2) is 5.00. The number of nitrogen functional groups attached to an aromatic ring is 1. The largest absolute Gasteiger partial charge is 0.383 e. The fourth-order valence-electron chi connectivity index (χ4n) is 1.50. The fraction of sp³-hybridized carbons (Fsp3) is 0.167. The number of rotatable bonds is 2. The van der Waals surface area contributed by atoms with Gasteiger partial charge in [0, 0.05) is 5.56 Å². The quantitative estimate of drug-likeness (QED) is 0.881. The van der Waals surface area contributed by atoms with Crippen molar-refractivity contribution in [1.29, 1.82) is 0 Å². The van der Waals surface area contributed by atoms with Gasteiger partial charge in [0.2, 0.25) is 0 Å². The molecule has 3 N–H and O–H groups in total. The molecule has 0 saturated carbocycles. The first-order chi connectivity index (χ1) is 8.49. The van der Waals surface area contributed by atoms with Crippen molar-refractivity contribution in [2.45, 2.75) is 13.8 Å². The van der Waals surface area contributed by atoms with E-state index >= 15 is 0 Å². The minimum Gasteiger partial charge on any atom is -0.383 e. The maximum Gasteiger partial charge on any atom is 0.139 e. The Morgan fingerprint density at radius 2 is 1.89 bits per heavy atom. The molecular weight excluding hydrogens is 271 g/mol. The van der Waals surface area contributed by atoms with Crippen LogP contribution < -0.4 is 11.1 Å². The van der Waals surface area contributed by atoms with Gasteiger partial charge in [0.25, 0.3) is 0 Å². The molecule has 0 bridgehead atoms. The molecule has 2 rings (SSSR count). The zero-order chi connectivity index (χ0) is 13.3. The van der Waals surface area contributed by atoms with Crippen molar-refractivity contribution in [1.82, 2.24) is 9.97 Å². The van der Waals surface area contributed by atoms with E-state index in [1.54, 1.807) is 13.0 Å². The molecule has 0 saturated heterocycles. The number of hydrogen-bond acceptors (Lipinski definition) is 4. The lowest BCUT2D eigenvalue weighted by molar-refractivity contribution is 1.04. The molecule has 0 amide bonds. The van der Waals surface area contributed by atoms with Gasteiger partial charge in [-0.2, -0.15) is 0 Å². The normalized spacial score (nSPS) is 10.4. The van der Waals surface area contributed by atoms with Gasteiger partial charge in [-0.25, -0.2) is 9.97 Å². The zero-order valence-corrected chi connectivity index (χ0v) is 11.5. The van der Waals surface area contributed by atoms with Crippen molar-refractivity contribution >= 4 is 40.5 Å². The van der Waals surface area contributed by atoms with Crippen LogP contribution in [0.2, 0.25) is 10.0 Å². The minimum atomic E-state index is 0.447. The summed E-state index contributed by atoms with van der Waals surface area (Å²) in [4.78, 5) is 8.38. The number of aromatic nitrogens is 2. The van der Waals surface area contributed by atoms with Crippen LogP contribution >= 0.6 is 23.2 Å². The molecule has 1 aromatic heterocycles. The maximum atomic E-state index is 6.11. The van der Waals surface area contributed by atoms with Crippen LogP contribution in [0, 0.1) is 13.8 Å². The van der Waals surface area contributed by atoms with Gasteiger partial charge in [-0.05, 0) is 26.0 Å². The second-order valence-corrected chi connectivity index (χ2v) is 4.64. The molecule has 1 aromatic carbocycles. The van der Waals surface area contributed by atoms with Gasteiger partial charge in [0.15, 0.2) is 0 Å². The monoisotopic (exact) mass is 282 g/mol. The summed E-state index contributed by atoms with van der Waals surface area (Å²) in [6, 6.07) is 5.35. The molecule has 4 nitrogen and oxygen atoms in total. The maximum absolute atomic E-state index is 6.11. The summed E-state index contributed by atoms with van der Waals surface area (Å²) in [5.74, 6) is 1.67. The fourth-order valence-corrected chi connectivity index (χ4v) is 1.85. The Bertz CT molecular complexity index is 599. The van der Waals surface area contributed by atoms with Crippen LogP contribution in [0.15, 0.2) is 18.2 Å². The summed E-state index contributed by atoms with van der Waals surface area (Å²) < 4.78 is 0. The number of nitrogens with two attached hydrogens (primary N) is 1. The number of aryl methyl sites for hydroxylation is 1. The zero-order valence-electron chi connectivity index (χ0n) is 9.96. The van der Waals surface area contributed by atoms with Crippen LogP contribution in [-0.4, -0.2) is 9.97 Å². The summed E-state index contributed by atoms with van der Waals surface area (Å²) in [5, 5.41) is 4.05. The lowest BCUT2D eigenvalue weighted by Crippen LogP contribution is -2.05. The third-order valence-electron chi connectivity index (χ3n) is 2.50. The van der Waals surface area contributed by atoms with Crippen molar-refractivity contribution in [3.05, 3.63) is 39.6 Å². The summed E-state index contributed by atoms with van der Waals surface area (Å²) in [7, 11) is 0. The number of hydrogen-bond donors (Lipinski definition) is 2. The van der Waals surface area contributed by atoms with Gasteiger partial charge in [-0.15, -0.1) is 0 Å². The van der Waals surface area contributed by atoms with E-state index in [4.69, 9.17) is 28.9 Å². The Balaban J connectivity index is 2.43. The molecule has 0 unspecified atom stereocenters. The predicted octanol–water partition coefficient (Wildman–Crippen LogP) is 3.73. The van der Waals surface area contributed by atoms with E-state index < -0.39 is 0 Å². The molecule has 0 aliphatic heterocycles. The van der Waals surface area contributed by atoms with Crippen LogP contribution in [0.4, 0.5) is 17.3 Å². The first-order valence-electron chi connectivity index (χ1n) is 5.31. The van der Waals surface area contributed by atoms with Gasteiger partial charge >= 0.3 is 0 Å². The molecular formula is C12H12Cl2N4. The molecule has 0 radical (unpaired) electrons. The van der Waals surface area contributed by atoms with E-state index in [-0.39, 0.29) is 0 Å². The first-order valence-corrected chi connectivity index (χ1v) is 6.06. The standard InChI is InChI=1S/C12H12Cl2N4/c1-6-11(15)16-7(2)17-12(6)18-9-5-3-4-8(13)10(9)14/h3-5H,1-2H3,(H3,15,16,17,18). The third-order valence-corrected chi connectivity index (χ3v) is 3.32. The predicted molar refractivity (Wildman–Crippen MR) is 75.7 cm³/mol. The third kappa shape index (κ3) is 2.49. The molecule has 0 fully saturated rings. The highest BCUT2D eigenvalue weighted by molar-refractivity contribution is 6.43. The van der Waals surface area contributed by atoms with Crippen LogP contribution in [0.25, 0.3) is 0 Å². The molecule has 18 heavy (non-hydrogen) atoms. The molecule has 0 spiro atoms. The molecule has 0 aliphatic rings. The van der Waals surface area contributed by atoms with Crippen LogP contribution in [0.3, 0.4) is 0 Å². The molecule has 2 aromatic rings. The van der Waals surface area contributed by atoms with Crippen LogP contribution in [-0.2, 0) is 0 Å². The number of anilines is 3. The summed E-state index contributed by atoms with van der Waals surface area (Å²) in [6.45, 7) is 3.62. The van der Waals surface area contributed by atoms with Crippen LogP contribution in [0.1, 0.15) is 11.4 Å². The van der Waals surface area contributed by atoms with Crippen molar-refractivity contribution in [2.24, 2.45) is 0 Å². The van der Waals surface area contributed by atoms with E-state index in [2.05, 4.69) is 15.3 Å². The van der Waals surface area contributed by atoms with E-state index in [1.807, 2.05) is 19.1 Å². The Kier molecular flexibility index (Phi) is 3.59. The lowest BCUT2D eigenvalue weighted by Gasteiger charge is -2.12. The van der Waals surface area contributed by atoms with Crippen LogP contribution in [0.5, 0.6) is 0 Å². The Morgan fingerprint density at radius 1 is 1.17 bits per heavy atom. The Morgan fingerprint density at radius 3 is 2.61 bits per heavy atom. The second-order valence-electron chi connectivity index (χ2n) is 3.86. The SMILES string of the molecule is Cc1nc(N)c(C)c(Nc2cccc(Cl)c2Cl)n1. The first kappa shape index (κ1) is 12.9. The minimum absolute atomic E-state index is 0.447. The highest BCUT2D eigenvalue weighted by atomic mass is 35.5. The van der Waals surface area contributed by atoms with E-state index in [1.165, 1.54) is 0 Å². The van der Waals surface area contributed by atoms with E-state index in [0.717, 1.165) is 5.56 Å². The Hall–Kier alpha value is -1.52. The topological polar surface area (TPSA) is 63.8 Å². The summed E-state index contributed by atoms with van der Waals surface area (Å²) in [5.41, 5.74) is 7.25. The van der Waals surface area contributed by atoms with Gasteiger partial charge in [0.1, 0.15) is 17.5 Å². The van der Waals surface area contributed by atoms with Gasteiger partial charge < -0.3 is 11.1 Å². The highest BCUT2D eigenvalue weighted by Crippen LogP contribution is 2.32. The van der Waals surface area contributed by atoms with Crippen molar-refractivity contribution in [3.63, 3.8) is 0 Å².